The molecule has 0 unspecified atom stereocenters. The molecule has 2 aromatic heterocycles. The van der Waals surface area contributed by atoms with Crippen LogP contribution in [0.2, 0.25) is 0 Å². The van der Waals surface area contributed by atoms with Crippen molar-refractivity contribution in [2.24, 2.45) is 0 Å². The van der Waals surface area contributed by atoms with E-state index in [0.717, 1.165) is 38.8 Å². The summed E-state index contributed by atoms with van der Waals surface area (Å²) in [5, 5.41) is 12.8. The maximum Gasteiger partial charge on any atom is 0.204 e. The van der Waals surface area contributed by atoms with E-state index in [1.165, 1.54) is 0 Å². The summed E-state index contributed by atoms with van der Waals surface area (Å²) in [6.45, 7) is 0. The second-order valence-corrected chi connectivity index (χ2v) is 6.02. The highest BCUT2D eigenvalue weighted by atomic mass is 16.3. The van der Waals surface area contributed by atoms with Crippen LogP contribution < -0.4 is 0 Å². The van der Waals surface area contributed by atoms with E-state index in [1.54, 1.807) is 6.33 Å². The number of rotatable bonds is 2. The van der Waals surface area contributed by atoms with Crippen LogP contribution in [-0.2, 0) is 0 Å². The molecular weight excluding hydrogens is 310 g/mol. The van der Waals surface area contributed by atoms with Gasteiger partial charge < -0.3 is 10.1 Å². The Hall–Kier alpha value is -3.53. The smallest absolute Gasteiger partial charge is 0.204 e. The molecular formula is C21H15N3O. The molecule has 0 saturated heterocycles. The summed E-state index contributed by atoms with van der Waals surface area (Å²) in [4.78, 5) is 7.41. The maximum atomic E-state index is 10.9. The van der Waals surface area contributed by atoms with Crippen LogP contribution in [0.3, 0.4) is 0 Å². The zero-order chi connectivity index (χ0) is 16.8. The predicted octanol–water partition coefficient (Wildman–Crippen LogP) is 4.88. The van der Waals surface area contributed by atoms with Crippen molar-refractivity contribution < 1.29 is 5.11 Å². The lowest BCUT2D eigenvalue weighted by Crippen LogP contribution is -1.96. The number of fused-ring (bicyclic) bond motifs is 2. The molecule has 5 aromatic rings. The topological polar surface area (TPSA) is 53.8 Å². The van der Waals surface area contributed by atoms with Gasteiger partial charge in [-0.25, -0.2) is 4.98 Å². The third-order valence-electron chi connectivity index (χ3n) is 4.57. The number of hydrogen-bond acceptors (Lipinski definition) is 2. The van der Waals surface area contributed by atoms with E-state index in [4.69, 9.17) is 0 Å². The summed E-state index contributed by atoms with van der Waals surface area (Å²) in [6, 6.07) is 24.0. The normalized spacial score (nSPS) is 11.4. The Morgan fingerprint density at radius 2 is 1.60 bits per heavy atom. The standard InChI is InChI=1S/C21H15N3O/c25-21-17-9-5-4-8-16(17)20(14-6-2-1-3-7-14)24(21)15-10-11-18-19(12-15)23-13-22-18/h1-13,25H,(H,22,23). The average molecular weight is 325 g/mol. The van der Waals surface area contributed by atoms with Crippen molar-refractivity contribution in [3.05, 3.63) is 79.1 Å². The van der Waals surface area contributed by atoms with Crippen molar-refractivity contribution in [2.75, 3.05) is 0 Å². The second kappa shape index (κ2) is 5.24. The predicted molar refractivity (Wildman–Crippen MR) is 100 cm³/mol. The number of imidazole rings is 1. The SMILES string of the molecule is Oc1c2ccccc2c(-c2ccccc2)n1-c1ccc2nc[nH]c2c1. The van der Waals surface area contributed by atoms with Gasteiger partial charge in [-0.1, -0.05) is 48.5 Å². The molecule has 0 spiro atoms. The number of aromatic amines is 1. The lowest BCUT2D eigenvalue weighted by atomic mass is 10.1. The molecule has 25 heavy (non-hydrogen) atoms. The van der Waals surface area contributed by atoms with Crippen molar-refractivity contribution >= 4 is 21.8 Å². The molecule has 2 heterocycles. The molecule has 0 aliphatic carbocycles. The van der Waals surface area contributed by atoms with E-state index in [9.17, 15) is 5.11 Å². The Kier molecular flexibility index (Phi) is 2.91. The molecule has 0 bridgehead atoms. The molecule has 0 aliphatic heterocycles. The Bertz CT molecular complexity index is 1200. The highest BCUT2D eigenvalue weighted by Crippen LogP contribution is 2.40. The van der Waals surface area contributed by atoms with E-state index in [-0.39, 0.29) is 5.88 Å². The van der Waals surface area contributed by atoms with Gasteiger partial charge in [0.2, 0.25) is 5.88 Å². The first-order valence-corrected chi connectivity index (χ1v) is 8.14. The molecule has 0 aliphatic rings. The number of nitrogens with one attached hydrogen (secondary N) is 1. The molecule has 0 atom stereocenters. The fourth-order valence-electron chi connectivity index (χ4n) is 3.43. The molecule has 0 fully saturated rings. The highest BCUT2D eigenvalue weighted by molar-refractivity contribution is 6.01. The van der Waals surface area contributed by atoms with Crippen LogP contribution in [0.4, 0.5) is 0 Å². The van der Waals surface area contributed by atoms with Gasteiger partial charge in [-0.2, -0.15) is 0 Å². The molecule has 5 rings (SSSR count). The number of nitrogens with zero attached hydrogens (tertiary/aromatic N) is 2. The Balaban J connectivity index is 1.89. The first-order valence-electron chi connectivity index (χ1n) is 8.14. The summed E-state index contributed by atoms with van der Waals surface area (Å²) in [6.07, 6.45) is 1.68. The van der Waals surface area contributed by atoms with Crippen LogP contribution in [-0.4, -0.2) is 19.6 Å². The third kappa shape index (κ3) is 2.04. The maximum absolute atomic E-state index is 10.9. The lowest BCUT2D eigenvalue weighted by molar-refractivity contribution is 0.449. The Labute approximate surface area is 144 Å². The fraction of sp³-hybridized carbons (Fsp3) is 0. The van der Waals surface area contributed by atoms with E-state index >= 15 is 0 Å². The van der Waals surface area contributed by atoms with Crippen LogP contribution in [0, 0.1) is 0 Å². The van der Waals surface area contributed by atoms with E-state index in [0.29, 0.717) is 0 Å². The molecule has 0 radical (unpaired) electrons. The summed E-state index contributed by atoms with van der Waals surface area (Å²) in [7, 11) is 0. The second-order valence-electron chi connectivity index (χ2n) is 6.02. The molecule has 4 heteroatoms. The van der Waals surface area contributed by atoms with Gasteiger partial charge >= 0.3 is 0 Å². The molecule has 120 valence electrons. The van der Waals surface area contributed by atoms with Crippen molar-refractivity contribution in [3.8, 4) is 22.8 Å². The van der Waals surface area contributed by atoms with Crippen LogP contribution in [0.5, 0.6) is 5.88 Å². The Morgan fingerprint density at radius 3 is 2.44 bits per heavy atom. The lowest BCUT2D eigenvalue weighted by Gasteiger charge is -2.11. The van der Waals surface area contributed by atoms with E-state index in [1.807, 2.05) is 65.2 Å². The van der Waals surface area contributed by atoms with Gasteiger partial charge in [0.1, 0.15) is 0 Å². The summed E-state index contributed by atoms with van der Waals surface area (Å²) in [5.41, 5.74) is 4.77. The van der Waals surface area contributed by atoms with E-state index < -0.39 is 0 Å². The van der Waals surface area contributed by atoms with Gasteiger partial charge in [-0.05, 0) is 29.8 Å². The quantitative estimate of drug-likeness (QED) is 0.486. The molecule has 0 saturated carbocycles. The summed E-state index contributed by atoms with van der Waals surface area (Å²) >= 11 is 0. The zero-order valence-electron chi connectivity index (χ0n) is 13.3. The van der Waals surface area contributed by atoms with Crippen LogP contribution in [0.1, 0.15) is 0 Å². The molecule has 0 amide bonds. The Morgan fingerprint density at radius 1 is 0.840 bits per heavy atom. The van der Waals surface area contributed by atoms with Crippen LogP contribution in [0.25, 0.3) is 38.8 Å². The molecule has 2 N–H and O–H groups in total. The van der Waals surface area contributed by atoms with Crippen LogP contribution in [0.15, 0.2) is 79.1 Å². The average Bonchev–Trinajstić information content (AvgIpc) is 3.24. The first-order chi connectivity index (χ1) is 12.3. The van der Waals surface area contributed by atoms with Gasteiger partial charge in [0, 0.05) is 10.8 Å². The third-order valence-corrected chi connectivity index (χ3v) is 4.57. The van der Waals surface area contributed by atoms with Gasteiger partial charge in [-0.15, -0.1) is 0 Å². The summed E-state index contributed by atoms with van der Waals surface area (Å²) < 4.78 is 1.90. The monoisotopic (exact) mass is 325 g/mol. The molecule has 3 aromatic carbocycles. The minimum absolute atomic E-state index is 0.244. The zero-order valence-corrected chi connectivity index (χ0v) is 13.3. The van der Waals surface area contributed by atoms with Gasteiger partial charge in [-0.3, -0.25) is 4.57 Å². The van der Waals surface area contributed by atoms with Crippen molar-refractivity contribution in [1.29, 1.82) is 0 Å². The first kappa shape index (κ1) is 13.9. The van der Waals surface area contributed by atoms with Crippen molar-refractivity contribution in [1.82, 2.24) is 14.5 Å². The van der Waals surface area contributed by atoms with Crippen molar-refractivity contribution in [2.45, 2.75) is 0 Å². The number of hydrogen-bond donors (Lipinski definition) is 2. The van der Waals surface area contributed by atoms with E-state index in [2.05, 4.69) is 22.1 Å². The van der Waals surface area contributed by atoms with Crippen LogP contribution >= 0.6 is 0 Å². The largest absolute Gasteiger partial charge is 0.494 e. The van der Waals surface area contributed by atoms with Crippen molar-refractivity contribution in [3.63, 3.8) is 0 Å². The number of aromatic nitrogens is 3. The fourth-order valence-corrected chi connectivity index (χ4v) is 3.43. The number of benzene rings is 3. The highest BCUT2D eigenvalue weighted by Gasteiger charge is 2.19. The minimum Gasteiger partial charge on any atom is -0.494 e. The number of aromatic hydroxyl groups is 1. The van der Waals surface area contributed by atoms with Gasteiger partial charge in [0.05, 0.1) is 28.7 Å². The summed E-state index contributed by atoms with van der Waals surface area (Å²) in [5.74, 6) is 0.244. The number of H-pyrrole nitrogens is 1. The minimum atomic E-state index is 0.244. The van der Waals surface area contributed by atoms with Gasteiger partial charge in [0.15, 0.2) is 0 Å². The molecule has 4 nitrogen and oxygen atoms in total. The van der Waals surface area contributed by atoms with Gasteiger partial charge in [0.25, 0.3) is 0 Å².